The number of carbonyl (C=O) groups excluding carboxylic acids is 6. The highest BCUT2D eigenvalue weighted by molar-refractivity contribution is 5.96. The van der Waals surface area contributed by atoms with Gasteiger partial charge in [0, 0.05) is 75.9 Å². The Kier molecular flexibility index (Phi) is 17.8. The standard InChI is InChI=1S/C32H44N6O10/c1-45-27(39)7-15-37(16-8-28(40)46-2)19-13-35-31(43)23-5-11-33-25(21-23)26-22-24(6-12-34-26)32(44)36-14-20-38(17-9-29(41)47-3)18-10-30(42)48-4/h5-6,11-12,21-22H,7-10,13-20H2,1-4H3,(H,35,43)(H,36,44). The molecule has 0 fully saturated rings. The fourth-order valence-corrected chi connectivity index (χ4v) is 4.36. The van der Waals surface area contributed by atoms with Gasteiger partial charge < -0.3 is 39.4 Å². The van der Waals surface area contributed by atoms with Crippen molar-refractivity contribution in [3.05, 3.63) is 47.8 Å². The zero-order valence-electron chi connectivity index (χ0n) is 27.8. The normalized spacial score (nSPS) is 10.7. The van der Waals surface area contributed by atoms with Crippen LogP contribution in [0.2, 0.25) is 0 Å². The van der Waals surface area contributed by atoms with Crippen molar-refractivity contribution < 1.29 is 47.7 Å². The second-order valence-corrected chi connectivity index (χ2v) is 10.4. The lowest BCUT2D eigenvalue weighted by molar-refractivity contribution is -0.142. The van der Waals surface area contributed by atoms with E-state index in [1.165, 1.54) is 40.8 Å². The first-order valence-corrected chi connectivity index (χ1v) is 15.3. The number of carbonyl (C=O) groups is 6. The minimum absolute atomic E-state index is 0.135. The van der Waals surface area contributed by atoms with Crippen molar-refractivity contribution in [1.29, 1.82) is 0 Å². The lowest BCUT2D eigenvalue weighted by atomic mass is 10.1. The molecule has 48 heavy (non-hydrogen) atoms. The number of rotatable bonds is 21. The molecule has 0 aliphatic carbocycles. The topological polar surface area (TPSA) is 196 Å². The van der Waals surface area contributed by atoms with Gasteiger partial charge >= 0.3 is 23.9 Å². The van der Waals surface area contributed by atoms with Gasteiger partial charge in [0.15, 0.2) is 0 Å². The largest absolute Gasteiger partial charge is 0.469 e. The lowest BCUT2D eigenvalue weighted by Gasteiger charge is -2.21. The number of esters is 4. The number of ether oxygens (including phenoxy) is 4. The van der Waals surface area contributed by atoms with Crippen LogP contribution in [0.1, 0.15) is 46.4 Å². The van der Waals surface area contributed by atoms with Crippen LogP contribution < -0.4 is 10.6 Å². The van der Waals surface area contributed by atoms with Crippen LogP contribution in [0.4, 0.5) is 0 Å². The van der Waals surface area contributed by atoms with Crippen LogP contribution in [0.3, 0.4) is 0 Å². The molecule has 16 heteroatoms. The molecule has 0 radical (unpaired) electrons. The van der Waals surface area contributed by atoms with Crippen LogP contribution in [-0.2, 0) is 38.1 Å². The number of pyridine rings is 2. The quantitative estimate of drug-likeness (QED) is 0.137. The van der Waals surface area contributed by atoms with Gasteiger partial charge in [-0.1, -0.05) is 0 Å². The molecule has 262 valence electrons. The van der Waals surface area contributed by atoms with E-state index in [1.54, 1.807) is 24.3 Å². The average molecular weight is 673 g/mol. The van der Waals surface area contributed by atoms with E-state index in [-0.39, 0.29) is 74.5 Å². The van der Waals surface area contributed by atoms with Crippen LogP contribution in [0.15, 0.2) is 36.7 Å². The fraction of sp³-hybridized carbons (Fsp3) is 0.500. The Hall–Kier alpha value is -4.96. The third kappa shape index (κ3) is 14.6. The van der Waals surface area contributed by atoms with Gasteiger partial charge in [-0.15, -0.1) is 0 Å². The summed E-state index contributed by atoms with van der Waals surface area (Å²) in [6.07, 6.45) is 3.47. The van der Waals surface area contributed by atoms with E-state index in [9.17, 15) is 28.8 Å². The molecule has 2 N–H and O–H groups in total. The minimum Gasteiger partial charge on any atom is -0.469 e. The number of nitrogens with one attached hydrogen (secondary N) is 2. The minimum atomic E-state index is -0.381. The molecule has 0 unspecified atom stereocenters. The second-order valence-electron chi connectivity index (χ2n) is 10.4. The monoisotopic (exact) mass is 672 g/mol. The number of nitrogens with zero attached hydrogens (tertiary/aromatic N) is 4. The summed E-state index contributed by atoms with van der Waals surface area (Å²) < 4.78 is 18.8. The van der Waals surface area contributed by atoms with Gasteiger partial charge in [-0.05, 0) is 24.3 Å². The molecule has 0 aliphatic rings. The van der Waals surface area contributed by atoms with Crippen LogP contribution in [0.25, 0.3) is 11.4 Å². The van der Waals surface area contributed by atoms with E-state index >= 15 is 0 Å². The predicted molar refractivity (Wildman–Crippen MR) is 172 cm³/mol. The van der Waals surface area contributed by atoms with Crippen molar-refractivity contribution in [1.82, 2.24) is 30.4 Å². The second kappa shape index (κ2) is 21.8. The number of hydrogen-bond donors (Lipinski definition) is 2. The molecule has 0 aromatic carbocycles. The fourth-order valence-electron chi connectivity index (χ4n) is 4.36. The van der Waals surface area contributed by atoms with E-state index in [1.807, 2.05) is 9.80 Å². The smallest absolute Gasteiger partial charge is 0.306 e. The Morgan fingerprint density at radius 3 is 1.15 bits per heavy atom. The maximum Gasteiger partial charge on any atom is 0.306 e. The van der Waals surface area contributed by atoms with Crippen molar-refractivity contribution >= 4 is 35.7 Å². The van der Waals surface area contributed by atoms with Gasteiger partial charge in [0.1, 0.15) is 0 Å². The van der Waals surface area contributed by atoms with Gasteiger partial charge in [0.25, 0.3) is 11.8 Å². The molecule has 2 heterocycles. The third-order valence-corrected chi connectivity index (χ3v) is 7.17. The molecule has 16 nitrogen and oxygen atoms in total. The van der Waals surface area contributed by atoms with Gasteiger partial charge in [-0.25, -0.2) is 0 Å². The zero-order valence-corrected chi connectivity index (χ0v) is 27.8. The Morgan fingerprint density at radius 2 is 0.854 bits per heavy atom. The summed E-state index contributed by atoms with van der Waals surface area (Å²) in [5.41, 5.74) is 1.41. The van der Waals surface area contributed by atoms with Crippen LogP contribution in [-0.4, -0.2) is 136 Å². The number of aromatic nitrogens is 2. The summed E-state index contributed by atoms with van der Waals surface area (Å²) >= 11 is 0. The summed E-state index contributed by atoms with van der Waals surface area (Å²) in [6, 6.07) is 6.22. The van der Waals surface area contributed by atoms with E-state index in [4.69, 9.17) is 0 Å². The summed E-state index contributed by atoms with van der Waals surface area (Å²) in [7, 11) is 5.20. The average Bonchev–Trinajstić information content (AvgIpc) is 3.12. The van der Waals surface area contributed by atoms with Crippen LogP contribution in [0, 0.1) is 0 Å². The van der Waals surface area contributed by atoms with E-state index in [0.29, 0.717) is 61.8 Å². The molecule has 2 aromatic rings. The predicted octanol–water partition coefficient (Wildman–Crippen LogP) is 0.460. The van der Waals surface area contributed by atoms with Crippen molar-refractivity contribution in [2.75, 3.05) is 80.8 Å². The van der Waals surface area contributed by atoms with Crippen molar-refractivity contribution in [3.63, 3.8) is 0 Å². The molecule has 0 saturated heterocycles. The number of methoxy groups -OCH3 is 4. The molecular weight excluding hydrogens is 628 g/mol. The maximum absolute atomic E-state index is 12.9. The molecular formula is C32H44N6O10. The summed E-state index contributed by atoms with van der Waals surface area (Å²) in [4.78, 5) is 84.6. The number of hydrogen-bond acceptors (Lipinski definition) is 14. The number of amides is 2. The molecule has 2 amide bonds. The SMILES string of the molecule is COC(=O)CCN(CCNC(=O)c1ccnc(-c2cc(C(=O)NCCN(CCC(=O)OC)CCC(=O)OC)ccn2)c1)CCC(=O)OC. The summed E-state index contributed by atoms with van der Waals surface area (Å²) in [6.45, 7) is 2.63. The first-order valence-electron chi connectivity index (χ1n) is 15.3. The molecule has 0 atom stereocenters. The highest BCUT2D eigenvalue weighted by Crippen LogP contribution is 2.17. The van der Waals surface area contributed by atoms with E-state index < -0.39 is 0 Å². The van der Waals surface area contributed by atoms with Gasteiger partial charge in [-0.2, -0.15) is 0 Å². The molecule has 0 saturated carbocycles. The summed E-state index contributed by atoms with van der Waals surface area (Å²) in [5.74, 6) is -2.25. The van der Waals surface area contributed by atoms with E-state index in [2.05, 4.69) is 39.5 Å². The molecule has 0 spiro atoms. The zero-order chi connectivity index (χ0) is 35.3. The molecule has 2 aromatic heterocycles. The highest BCUT2D eigenvalue weighted by Gasteiger charge is 2.16. The first-order chi connectivity index (χ1) is 23.1. The van der Waals surface area contributed by atoms with Gasteiger partial charge in [0.05, 0.1) is 65.5 Å². The first kappa shape index (κ1) is 39.2. The van der Waals surface area contributed by atoms with Gasteiger partial charge in [-0.3, -0.25) is 38.7 Å². The Bertz CT molecular complexity index is 1250. The van der Waals surface area contributed by atoms with Gasteiger partial charge in [0.2, 0.25) is 0 Å². The highest BCUT2D eigenvalue weighted by atomic mass is 16.5. The molecule has 0 bridgehead atoms. The Labute approximate surface area is 279 Å². The third-order valence-electron chi connectivity index (χ3n) is 7.17. The Morgan fingerprint density at radius 1 is 0.542 bits per heavy atom. The van der Waals surface area contributed by atoms with Crippen LogP contribution in [0.5, 0.6) is 0 Å². The van der Waals surface area contributed by atoms with Crippen molar-refractivity contribution in [2.24, 2.45) is 0 Å². The van der Waals surface area contributed by atoms with Crippen LogP contribution >= 0.6 is 0 Å². The molecule has 0 aliphatic heterocycles. The molecule has 2 rings (SSSR count). The van der Waals surface area contributed by atoms with E-state index in [0.717, 1.165) is 0 Å². The summed E-state index contributed by atoms with van der Waals surface area (Å²) in [5, 5.41) is 5.66. The van der Waals surface area contributed by atoms with Crippen molar-refractivity contribution in [3.8, 4) is 11.4 Å². The Balaban J connectivity index is 1.98. The maximum atomic E-state index is 12.9. The van der Waals surface area contributed by atoms with Crippen molar-refractivity contribution in [2.45, 2.75) is 25.7 Å². The lowest BCUT2D eigenvalue weighted by Crippen LogP contribution is -2.37.